The monoisotopic (exact) mass is 597 g/mol. The number of thiophene rings is 1. The molecule has 0 atom stereocenters. The highest BCUT2D eigenvalue weighted by Gasteiger charge is 2.24. The van der Waals surface area contributed by atoms with Crippen LogP contribution in [0.2, 0.25) is 0 Å². The minimum atomic E-state index is -0.629. The highest BCUT2D eigenvalue weighted by Crippen LogP contribution is 2.39. The van der Waals surface area contributed by atoms with Crippen molar-refractivity contribution in [2.75, 3.05) is 0 Å². The zero-order valence-electron chi connectivity index (χ0n) is 24.0. The number of carbonyl (C=O) groups is 1. The van der Waals surface area contributed by atoms with Crippen LogP contribution in [0.3, 0.4) is 0 Å². The molecule has 6 rings (SSSR count). The van der Waals surface area contributed by atoms with E-state index in [1.807, 2.05) is 41.1 Å². The molecule has 0 fully saturated rings. The van der Waals surface area contributed by atoms with E-state index in [9.17, 15) is 9.59 Å². The molecule has 6 aromatic rings. The van der Waals surface area contributed by atoms with E-state index in [-0.39, 0.29) is 35.0 Å². The largest absolute Gasteiger partial charge is 0.453 e. The van der Waals surface area contributed by atoms with Crippen molar-refractivity contribution >= 4 is 27.3 Å². The van der Waals surface area contributed by atoms with Crippen LogP contribution in [0.25, 0.3) is 26.7 Å². The highest BCUT2D eigenvalue weighted by atomic mass is 32.1. The number of hydrogen-bond donors (Lipinski definition) is 0. The van der Waals surface area contributed by atoms with Crippen molar-refractivity contribution < 1.29 is 18.4 Å². The van der Waals surface area contributed by atoms with Crippen molar-refractivity contribution in [1.82, 2.24) is 24.5 Å². The van der Waals surface area contributed by atoms with Gasteiger partial charge < -0.3 is 9.26 Å². The molecule has 11 heteroatoms. The number of aryl methyl sites for hydroxylation is 1. The summed E-state index contributed by atoms with van der Waals surface area (Å²) in [4.78, 5) is 36.4. The molecule has 0 saturated heterocycles. The number of para-hydroxylation sites is 1. The highest BCUT2D eigenvalue weighted by molar-refractivity contribution is 7.22. The molecule has 0 unspecified atom stereocenters. The first-order chi connectivity index (χ1) is 20.7. The average molecular weight is 598 g/mol. The smallest absolute Gasteiger partial charge is 0.282 e. The van der Waals surface area contributed by atoms with Crippen molar-refractivity contribution in [2.24, 2.45) is 5.92 Å². The Labute approximate surface area is 250 Å². The summed E-state index contributed by atoms with van der Waals surface area (Å²) >= 11 is 1.35. The lowest BCUT2D eigenvalue weighted by molar-refractivity contribution is 0.0991. The number of fused-ring (bicyclic) bond motifs is 1. The molecule has 43 heavy (non-hydrogen) atoms. The number of ketones is 1. The molecule has 0 bridgehead atoms. The molecule has 4 heterocycles. The molecule has 0 saturated carbocycles. The normalized spacial score (nSPS) is 11.5. The van der Waals surface area contributed by atoms with E-state index in [0.29, 0.717) is 51.2 Å². The van der Waals surface area contributed by atoms with E-state index in [1.165, 1.54) is 23.5 Å². The first kappa shape index (κ1) is 28.2. The first-order valence-electron chi connectivity index (χ1n) is 13.8. The lowest BCUT2D eigenvalue weighted by Gasteiger charge is -2.15. The number of rotatable bonds is 9. The van der Waals surface area contributed by atoms with Crippen molar-refractivity contribution in [3.63, 3.8) is 0 Å². The average Bonchev–Trinajstić information content (AvgIpc) is 3.67. The quantitative estimate of drug-likeness (QED) is 0.167. The minimum absolute atomic E-state index is 0.00187. The van der Waals surface area contributed by atoms with Gasteiger partial charge in [-0.2, -0.15) is 4.98 Å². The Morgan fingerprint density at radius 2 is 1.86 bits per heavy atom. The fourth-order valence-electron chi connectivity index (χ4n) is 4.99. The number of pyridine rings is 1. The van der Waals surface area contributed by atoms with E-state index in [0.717, 1.165) is 4.88 Å². The van der Waals surface area contributed by atoms with Gasteiger partial charge in [-0.05, 0) is 55.7 Å². The van der Waals surface area contributed by atoms with Gasteiger partial charge >= 0.3 is 0 Å². The van der Waals surface area contributed by atoms with Crippen molar-refractivity contribution in [3.05, 3.63) is 106 Å². The van der Waals surface area contributed by atoms with Gasteiger partial charge in [-0.25, -0.2) is 9.07 Å². The first-order valence-corrected chi connectivity index (χ1v) is 14.6. The summed E-state index contributed by atoms with van der Waals surface area (Å²) in [5, 5.41) is 3.83. The van der Waals surface area contributed by atoms with Gasteiger partial charge in [0.1, 0.15) is 11.3 Å². The number of halogens is 1. The Morgan fingerprint density at radius 3 is 2.56 bits per heavy atom. The standard InChI is InChI=1S/C32H28FN5O4S/c1-18(2)17-37-19(3)29(32(40)38(37)22-8-6-5-7-9-22)25(39)15-21-10-11-26(23(33)14-21)41-27-12-13-34-24-16-28(43-30(24)27)31-35-20(4)36-42-31/h5-14,16,18H,15,17H2,1-4H3. The van der Waals surface area contributed by atoms with E-state index in [2.05, 4.69) is 29.0 Å². The number of ether oxygens (including phenoxy) is 1. The number of carbonyl (C=O) groups excluding carboxylic acids is 1. The number of nitrogens with zero attached hydrogens (tertiary/aromatic N) is 5. The maximum atomic E-state index is 15.3. The van der Waals surface area contributed by atoms with Crippen LogP contribution < -0.4 is 10.3 Å². The van der Waals surface area contributed by atoms with Crippen LogP contribution in [0.5, 0.6) is 11.5 Å². The molecule has 0 aliphatic heterocycles. The molecule has 218 valence electrons. The molecule has 9 nitrogen and oxygen atoms in total. The van der Waals surface area contributed by atoms with Crippen molar-refractivity contribution in [3.8, 4) is 28.0 Å². The van der Waals surface area contributed by atoms with Crippen molar-refractivity contribution in [2.45, 2.75) is 40.7 Å². The van der Waals surface area contributed by atoms with Gasteiger partial charge in [0.2, 0.25) is 0 Å². The Hall–Kier alpha value is -4.90. The van der Waals surface area contributed by atoms with Crippen LogP contribution in [0.1, 0.15) is 41.3 Å². The zero-order chi connectivity index (χ0) is 30.2. The van der Waals surface area contributed by atoms with Gasteiger partial charge in [-0.15, -0.1) is 11.3 Å². The summed E-state index contributed by atoms with van der Waals surface area (Å²) in [6.45, 7) is 8.18. The fraction of sp³-hybridized carbons (Fsp3) is 0.219. The van der Waals surface area contributed by atoms with Gasteiger partial charge in [-0.1, -0.05) is 43.3 Å². The molecule has 0 radical (unpaired) electrons. The molecular formula is C32H28FN5O4S. The lowest BCUT2D eigenvalue weighted by Crippen LogP contribution is -2.25. The number of Topliss-reactive ketones (excluding diaryl/α,β-unsaturated/α-hetero) is 1. The fourth-order valence-corrected chi connectivity index (χ4v) is 5.97. The zero-order valence-corrected chi connectivity index (χ0v) is 24.8. The van der Waals surface area contributed by atoms with Crippen LogP contribution in [0.15, 0.2) is 76.2 Å². The Balaban J connectivity index is 1.26. The van der Waals surface area contributed by atoms with Gasteiger partial charge in [0, 0.05) is 30.9 Å². The third-order valence-corrected chi connectivity index (χ3v) is 8.04. The lowest BCUT2D eigenvalue weighted by atomic mass is 10.0. The van der Waals surface area contributed by atoms with Crippen LogP contribution in [0, 0.1) is 25.6 Å². The van der Waals surface area contributed by atoms with Gasteiger partial charge in [-0.3, -0.25) is 19.3 Å². The predicted octanol–water partition coefficient (Wildman–Crippen LogP) is 6.93. The second-order valence-corrected chi connectivity index (χ2v) is 11.7. The van der Waals surface area contributed by atoms with Crippen molar-refractivity contribution in [1.29, 1.82) is 0 Å². The third-order valence-electron chi connectivity index (χ3n) is 6.91. The number of benzene rings is 2. The maximum absolute atomic E-state index is 15.3. The van der Waals surface area contributed by atoms with Crippen LogP contribution >= 0.6 is 11.3 Å². The minimum Gasteiger partial charge on any atom is -0.453 e. The third kappa shape index (κ3) is 5.51. The molecule has 0 spiro atoms. The molecule has 0 N–H and O–H groups in total. The Morgan fingerprint density at radius 1 is 1.07 bits per heavy atom. The number of hydrogen-bond acceptors (Lipinski definition) is 8. The molecule has 0 aliphatic carbocycles. The van der Waals surface area contributed by atoms with E-state index in [1.54, 1.807) is 36.9 Å². The van der Waals surface area contributed by atoms with Crippen LogP contribution in [-0.2, 0) is 13.0 Å². The van der Waals surface area contributed by atoms with Crippen LogP contribution in [-0.4, -0.2) is 30.3 Å². The predicted molar refractivity (Wildman–Crippen MR) is 162 cm³/mol. The second-order valence-electron chi connectivity index (χ2n) is 10.6. The van der Waals surface area contributed by atoms with E-state index in [4.69, 9.17) is 9.26 Å². The number of aromatic nitrogens is 5. The Bertz CT molecular complexity index is 2020. The van der Waals surface area contributed by atoms with Gasteiger partial charge in [0.15, 0.2) is 23.2 Å². The molecule has 0 amide bonds. The molecule has 4 aromatic heterocycles. The summed E-state index contributed by atoms with van der Waals surface area (Å²) < 4.78 is 30.6. The SMILES string of the molecule is Cc1noc(-c2cc3nccc(Oc4ccc(CC(=O)c5c(C)n(CC(C)C)n(-c6ccccc6)c5=O)cc4F)c3s2)n1. The van der Waals surface area contributed by atoms with E-state index >= 15 is 4.39 Å². The van der Waals surface area contributed by atoms with E-state index < -0.39 is 5.82 Å². The topological polar surface area (TPSA) is 105 Å². The molecule has 0 aliphatic rings. The maximum Gasteiger partial charge on any atom is 0.282 e. The van der Waals surface area contributed by atoms with Gasteiger partial charge in [0.05, 0.1) is 20.8 Å². The van der Waals surface area contributed by atoms with Gasteiger partial charge in [0.25, 0.3) is 11.4 Å². The molecular weight excluding hydrogens is 569 g/mol. The second kappa shape index (κ2) is 11.4. The summed E-state index contributed by atoms with van der Waals surface area (Å²) in [5.74, 6) is 0.549. The summed E-state index contributed by atoms with van der Waals surface area (Å²) in [6, 6.07) is 17.1. The summed E-state index contributed by atoms with van der Waals surface area (Å²) in [5.41, 5.74) is 2.06. The molecule has 2 aromatic carbocycles. The summed E-state index contributed by atoms with van der Waals surface area (Å²) in [7, 11) is 0. The summed E-state index contributed by atoms with van der Waals surface area (Å²) in [6.07, 6.45) is 1.44. The van der Waals surface area contributed by atoms with Crippen LogP contribution in [0.4, 0.5) is 4.39 Å². The Kier molecular flexibility index (Phi) is 7.49.